The Kier molecular flexibility index (Phi) is 4.33. The number of aliphatic hydroxyl groups excluding tert-OH is 1. The number of benzene rings is 1. The molecule has 0 saturated carbocycles. The highest BCUT2D eigenvalue weighted by molar-refractivity contribution is 9.10. The van der Waals surface area contributed by atoms with Crippen molar-refractivity contribution in [2.75, 3.05) is 0 Å². The summed E-state index contributed by atoms with van der Waals surface area (Å²) in [4.78, 5) is 0. The first-order valence-electron chi connectivity index (χ1n) is 5.38. The molecule has 0 aliphatic heterocycles. The van der Waals surface area contributed by atoms with Crippen LogP contribution in [0.4, 0.5) is 0 Å². The molecular weight excluding hydrogens is 339 g/mol. The number of rotatable bonds is 3. The molecule has 0 bridgehead atoms. The molecule has 2 aromatic rings. The van der Waals surface area contributed by atoms with E-state index in [9.17, 15) is 5.11 Å². The summed E-state index contributed by atoms with van der Waals surface area (Å²) in [6.07, 6.45) is 0.786. The van der Waals surface area contributed by atoms with E-state index in [-0.39, 0.29) is 0 Å². The molecule has 1 atom stereocenters. The van der Waals surface area contributed by atoms with Gasteiger partial charge in [-0.2, -0.15) is 5.10 Å². The number of aromatic nitrogens is 2. The summed E-state index contributed by atoms with van der Waals surface area (Å²) in [7, 11) is 0. The van der Waals surface area contributed by atoms with Gasteiger partial charge in [-0.1, -0.05) is 23.2 Å². The number of aryl methyl sites for hydroxylation is 1. The van der Waals surface area contributed by atoms with Gasteiger partial charge in [-0.05, 0) is 41.1 Å². The van der Waals surface area contributed by atoms with Crippen LogP contribution in [0.15, 0.2) is 28.9 Å². The van der Waals surface area contributed by atoms with Gasteiger partial charge in [0.25, 0.3) is 0 Å². The lowest BCUT2D eigenvalue weighted by Crippen LogP contribution is -2.10. The standard InChI is InChI=1S/C12H11BrCl2N2O/c1-2-17-11(9(13)6-16-17)12(18)8-5-7(14)3-4-10(8)15/h3-6,12,18H,2H2,1H3. The third kappa shape index (κ3) is 2.57. The van der Waals surface area contributed by atoms with Crippen LogP contribution in [0.3, 0.4) is 0 Å². The molecule has 0 fully saturated rings. The molecule has 0 spiro atoms. The van der Waals surface area contributed by atoms with Crippen molar-refractivity contribution in [3.63, 3.8) is 0 Å². The van der Waals surface area contributed by atoms with Gasteiger partial charge in [-0.3, -0.25) is 4.68 Å². The van der Waals surface area contributed by atoms with Crippen LogP contribution in [0.1, 0.15) is 24.3 Å². The van der Waals surface area contributed by atoms with E-state index < -0.39 is 6.10 Å². The van der Waals surface area contributed by atoms with Crippen molar-refractivity contribution < 1.29 is 5.11 Å². The van der Waals surface area contributed by atoms with Gasteiger partial charge < -0.3 is 5.11 Å². The molecule has 1 heterocycles. The van der Waals surface area contributed by atoms with E-state index in [2.05, 4.69) is 21.0 Å². The smallest absolute Gasteiger partial charge is 0.123 e. The summed E-state index contributed by atoms with van der Waals surface area (Å²) < 4.78 is 2.46. The van der Waals surface area contributed by atoms with Crippen LogP contribution in [0.25, 0.3) is 0 Å². The molecule has 6 heteroatoms. The molecule has 96 valence electrons. The normalized spacial score (nSPS) is 12.7. The highest BCUT2D eigenvalue weighted by Crippen LogP contribution is 2.33. The van der Waals surface area contributed by atoms with Gasteiger partial charge >= 0.3 is 0 Å². The Balaban J connectivity index is 2.50. The Bertz CT molecular complexity index is 571. The van der Waals surface area contributed by atoms with Crippen LogP contribution in [-0.4, -0.2) is 14.9 Å². The largest absolute Gasteiger partial charge is 0.382 e. The van der Waals surface area contributed by atoms with Gasteiger partial charge in [0.1, 0.15) is 6.10 Å². The minimum Gasteiger partial charge on any atom is -0.382 e. The topological polar surface area (TPSA) is 38.0 Å². The maximum Gasteiger partial charge on any atom is 0.123 e. The van der Waals surface area contributed by atoms with Crippen molar-refractivity contribution in [3.05, 3.63) is 50.2 Å². The molecule has 1 aromatic heterocycles. The van der Waals surface area contributed by atoms with E-state index in [1.807, 2.05) is 6.92 Å². The molecule has 0 amide bonds. The summed E-state index contributed by atoms with van der Waals surface area (Å²) in [6.45, 7) is 2.62. The Hall–Kier alpha value is -0.550. The van der Waals surface area contributed by atoms with Crippen LogP contribution in [0.5, 0.6) is 0 Å². The third-order valence-electron chi connectivity index (χ3n) is 2.64. The molecule has 0 radical (unpaired) electrons. The Labute approximate surface area is 123 Å². The van der Waals surface area contributed by atoms with Crippen LogP contribution >= 0.6 is 39.1 Å². The highest BCUT2D eigenvalue weighted by atomic mass is 79.9. The lowest BCUT2D eigenvalue weighted by atomic mass is 10.1. The molecular formula is C12H11BrCl2N2O. The number of hydrogen-bond acceptors (Lipinski definition) is 2. The lowest BCUT2D eigenvalue weighted by Gasteiger charge is -2.15. The lowest BCUT2D eigenvalue weighted by molar-refractivity contribution is 0.207. The number of halogens is 3. The van der Waals surface area contributed by atoms with Crippen molar-refractivity contribution in [1.29, 1.82) is 0 Å². The second kappa shape index (κ2) is 5.61. The predicted molar refractivity (Wildman–Crippen MR) is 76.1 cm³/mol. The van der Waals surface area contributed by atoms with Gasteiger partial charge in [0.2, 0.25) is 0 Å². The van der Waals surface area contributed by atoms with Gasteiger partial charge in [0.05, 0.1) is 16.4 Å². The second-order valence-electron chi connectivity index (χ2n) is 3.76. The van der Waals surface area contributed by atoms with E-state index in [1.165, 1.54) is 0 Å². The molecule has 0 aliphatic rings. The first kappa shape index (κ1) is 13.9. The minimum atomic E-state index is -0.868. The molecule has 18 heavy (non-hydrogen) atoms. The van der Waals surface area contributed by atoms with Crippen molar-refractivity contribution in [1.82, 2.24) is 9.78 Å². The summed E-state index contributed by atoms with van der Waals surface area (Å²) in [5.74, 6) is 0. The molecule has 1 unspecified atom stereocenters. The SMILES string of the molecule is CCn1ncc(Br)c1C(O)c1cc(Cl)ccc1Cl. The zero-order chi connectivity index (χ0) is 13.3. The van der Waals surface area contributed by atoms with Crippen molar-refractivity contribution in [2.24, 2.45) is 0 Å². The van der Waals surface area contributed by atoms with Crippen molar-refractivity contribution in [2.45, 2.75) is 19.6 Å². The van der Waals surface area contributed by atoms with Crippen LogP contribution < -0.4 is 0 Å². The number of aliphatic hydroxyl groups is 1. The fourth-order valence-corrected chi connectivity index (χ4v) is 2.68. The first-order chi connectivity index (χ1) is 8.54. The van der Waals surface area contributed by atoms with Gasteiger partial charge in [0, 0.05) is 22.2 Å². The zero-order valence-corrected chi connectivity index (χ0v) is 12.7. The predicted octanol–water partition coefficient (Wildman–Crippen LogP) is 4.05. The van der Waals surface area contributed by atoms with Crippen LogP contribution in [0.2, 0.25) is 10.0 Å². The minimum absolute atomic E-state index is 0.475. The monoisotopic (exact) mass is 348 g/mol. The Morgan fingerprint density at radius 2 is 2.17 bits per heavy atom. The second-order valence-corrected chi connectivity index (χ2v) is 5.46. The van der Waals surface area contributed by atoms with E-state index >= 15 is 0 Å². The average Bonchev–Trinajstić information content (AvgIpc) is 2.72. The fourth-order valence-electron chi connectivity index (χ4n) is 1.77. The van der Waals surface area contributed by atoms with Gasteiger partial charge in [0.15, 0.2) is 0 Å². The van der Waals surface area contributed by atoms with Crippen LogP contribution in [0, 0.1) is 0 Å². The van der Waals surface area contributed by atoms with E-state index in [0.29, 0.717) is 27.8 Å². The molecule has 0 saturated heterocycles. The average molecular weight is 350 g/mol. The van der Waals surface area contributed by atoms with Crippen molar-refractivity contribution >= 4 is 39.1 Å². The Morgan fingerprint density at radius 1 is 1.44 bits per heavy atom. The first-order valence-corrected chi connectivity index (χ1v) is 6.93. The fraction of sp³-hybridized carbons (Fsp3) is 0.250. The summed E-state index contributed by atoms with van der Waals surface area (Å²) in [6, 6.07) is 5.02. The zero-order valence-electron chi connectivity index (χ0n) is 9.57. The summed E-state index contributed by atoms with van der Waals surface area (Å²) >= 11 is 15.4. The molecule has 2 rings (SSSR count). The van der Waals surface area contributed by atoms with E-state index in [4.69, 9.17) is 23.2 Å². The molecule has 1 N–H and O–H groups in total. The van der Waals surface area contributed by atoms with Gasteiger partial charge in [-0.15, -0.1) is 0 Å². The summed E-state index contributed by atoms with van der Waals surface area (Å²) in [5.41, 5.74) is 1.24. The quantitative estimate of drug-likeness (QED) is 0.907. The van der Waals surface area contributed by atoms with Crippen LogP contribution in [-0.2, 0) is 6.54 Å². The maximum atomic E-state index is 10.4. The maximum absolute atomic E-state index is 10.4. The third-order valence-corrected chi connectivity index (χ3v) is 3.83. The van der Waals surface area contributed by atoms with E-state index in [1.54, 1.807) is 29.1 Å². The van der Waals surface area contributed by atoms with Crippen molar-refractivity contribution in [3.8, 4) is 0 Å². The van der Waals surface area contributed by atoms with E-state index in [0.717, 1.165) is 4.47 Å². The highest BCUT2D eigenvalue weighted by Gasteiger charge is 2.21. The Morgan fingerprint density at radius 3 is 2.83 bits per heavy atom. The molecule has 0 aliphatic carbocycles. The molecule has 3 nitrogen and oxygen atoms in total. The van der Waals surface area contributed by atoms with Gasteiger partial charge in [-0.25, -0.2) is 0 Å². The molecule has 1 aromatic carbocycles. The number of nitrogens with zero attached hydrogens (tertiary/aromatic N) is 2. The number of hydrogen-bond donors (Lipinski definition) is 1. The summed E-state index contributed by atoms with van der Waals surface area (Å²) in [5, 5.41) is 15.6.